The minimum absolute atomic E-state index is 0.869. The van der Waals surface area contributed by atoms with E-state index in [1.807, 2.05) is 0 Å². The van der Waals surface area contributed by atoms with Crippen LogP contribution in [0, 0.1) is 13.8 Å². The predicted molar refractivity (Wildman–Crippen MR) is 73.3 cm³/mol. The van der Waals surface area contributed by atoms with Crippen LogP contribution in [0.5, 0.6) is 0 Å². The maximum Gasteiger partial charge on any atom is 0.0478 e. The molecular weight excluding hydrogens is 210 g/mol. The van der Waals surface area contributed by atoms with E-state index in [-0.39, 0.29) is 0 Å². The second-order valence-corrected chi connectivity index (χ2v) is 4.57. The summed E-state index contributed by atoms with van der Waals surface area (Å²) in [6, 6.07) is 6.62. The van der Waals surface area contributed by atoms with Crippen molar-refractivity contribution in [3.05, 3.63) is 34.9 Å². The van der Waals surface area contributed by atoms with E-state index in [4.69, 9.17) is 4.74 Å². The molecule has 96 valence electrons. The van der Waals surface area contributed by atoms with Crippen molar-refractivity contribution in [3.63, 3.8) is 0 Å². The molecule has 0 radical (unpaired) electrons. The molecule has 2 heteroatoms. The van der Waals surface area contributed by atoms with Gasteiger partial charge in [-0.1, -0.05) is 30.7 Å². The molecule has 0 aliphatic carbocycles. The molecule has 0 aromatic heterocycles. The van der Waals surface area contributed by atoms with Gasteiger partial charge in [0.1, 0.15) is 0 Å². The van der Waals surface area contributed by atoms with Crippen LogP contribution in [0.1, 0.15) is 36.5 Å². The molecule has 1 N–H and O–H groups in total. The van der Waals surface area contributed by atoms with Gasteiger partial charge in [-0.3, -0.25) is 0 Å². The van der Waals surface area contributed by atoms with Gasteiger partial charge in [0.2, 0.25) is 0 Å². The third kappa shape index (κ3) is 5.85. The van der Waals surface area contributed by atoms with E-state index in [9.17, 15) is 0 Å². The SMILES string of the molecule is CCCOCCCNCc1cc(C)ccc1C. The third-order valence-corrected chi connectivity index (χ3v) is 2.81. The Hall–Kier alpha value is -0.860. The summed E-state index contributed by atoms with van der Waals surface area (Å²) < 4.78 is 5.44. The molecule has 0 saturated heterocycles. The fraction of sp³-hybridized carbons (Fsp3) is 0.600. The van der Waals surface area contributed by atoms with E-state index in [2.05, 4.69) is 44.3 Å². The van der Waals surface area contributed by atoms with Crippen LogP contribution in [0.2, 0.25) is 0 Å². The smallest absolute Gasteiger partial charge is 0.0478 e. The highest BCUT2D eigenvalue weighted by Crippen LogP contribution is 2.09. The summed E-state index contributed by atoms with van der Waals surface area (Å²) in [5.41, 5.74) is 4.10. The summed E-state index contributed by atoms with van der Waals surface area (Å²) in [4.78, 5) is 0. The van der Waals surface area contributed by atoms with Crippen LogP contribution in [0.4, 0.5) is 0 Å². The Morgan fingerprint density at radius 3 is 2.76 bits per heavy atom. The predicted octanol–water partition coefficient (Wildman–Crippen LogP) is 3.21. The van der Waals surface area contributed by atoms with Gasteiger partial charge < -0.3 is 10.1 Å². The van der Waals surface area contributed by atoms with Crippen LogP contribution in [-0.4, -0.2) is 19.8 Å². The number of rotatable bonds is 8. The van der Waals surface area contributed by atoms with Crippen molar-refractivity contribution >= 4 is 0 Å². The first-order valence-corrected chi connectivity index (χ1v) is 6.58. The van der Waals surface area contributed by atoms with Crippen molar-refractivity contribution in [1.29, 1.82) is 0 Å². The van der Waals surface area contributed by atoms with E-state index in [1.165, 1.54) is 16.7 Å². The number of nitrogens with one attached hydrogen (secondary N) is 1. The van der Waals surface area contributed by atoms with Crippen LogP contribution in [0.25, 0.3) is 0 Å². The Labute approximate surface area is 105 Å². The Kier molecular flexibility index (Phi) is 6.90. The molecule has 0 bridgehead atoms. The Morgan fingerprint density at radius 1 is 1.18 bits per heavy atom. The molecule has 0 amide bonds. The number of ether oxygens (including phenoxy) is 1. The summed E-state index contributed by atoms with van der Waals surface area (Å²) in [6.07, 6.45) is 2.20. The standard InChI is InChI=1S/C15H25NO/c1-4-9-17-10-5-8-16-12-15-11-13(2)6-7-14(15)3/h6-7,11,16H,4-5,8-10,12H2,1-3H3. The molecule has 0 aliphatic rings. The van der Waals surface area contributed by atoms with Crippen LogP contribution in [0.3, 0.4) is 0 Å². The number of hydrogen-bond acceptors (Lipinski definition) is 2. The fourth-order valence-corrected chi connectivity index (χ4v) is 1.76. The van der Waals surface area contributed by atoms with Crippen molar-refractivity contribution in [3.8, 4) is 0 Å². The van der Waals surface area contributed by atoms with Gasteiger partial charge in [-0.2, -0.15) is 0 Å². The van der Waals surface area contributed by atoms with E-state index in [0.29, 0.717) is 0 Å². The molecule has 1 aromatic carbocycles. The zero-order chi connectivity index (χ0) is 12.5. The Morgan fingerprint density at radius 2 is 2.00 bits per heavy atom. The largest absolute Gasteiger partial charge is 0.381 e. The van der Waals surface area contributed by atoms with E-state index in [1.54, 1.807) is 0 Å². The Balaban J connectivity index is 2.15. The summed E-state index contributed by atoms with van der Waals surface area (Å²) in [7, 11) is 0. The van der Waals surface area contributed by atoms with Gasteiger partial charge in [-0.15, -0.1) is 0 Å². The molecule has 0 atom stereocenters. The highest BCUT2D eigenvalue weighted by atomic mass is 16.5. The summed E-state index contributed by atoms with van der Waals surface area (Å²) >= 11 is 0. The molecule has 0 spiro atoms. The summed E-state index contributed by atoms with van der Waals surface area (Å²) in [5, 5.41) is 3.47. The first-order valence-electron chi connectivity index (χ1n) is 6.58. The van der Waals surface area contributed by atoms with Gasteiger partial charge in [0.25, 0.3) is 0 Å². The van der Waals surface area contributed by atoms with Crippen LogP contribution < -0.4 is 5.32 Å². The quantitative estimate of drug-likeness (QED) is 0.699. The molecule has 0 heterocycles. The van der Waals surface area contributed by atoms with Crippen LogP contribution >= 0.6 is 0 Å². The molecule has 0 fully saturated rings. The molecule has 1 aromatic rings. The number of benzene rings is 1. The molecule has 1 rings (SSSR count). The monoisotopic (exact) mass is 235 g/mol. The van der Waals surface area contributed by atoms with Gasteiger partial charge in [0.15, 0.2) is 0 Å². The topological polar surface area (TPSA) is 21.3 Å². The van der Waals surface area contributed by atoms with Crippen LogP contribution in [0.15, 0.2) is 18.2 Å². The first-order chi connectivity index (χ1) is 8.24. The lowest BCUT2D eigenvalue weighted by atomic mass is 10.1. The molecule has 0 saturated carbocycles. The van der Waals surface area contributed by atoms with Gasteiger partial charge >= 0.3 is 0 Å². The molecule has 0 unspecified atom stereocenters. The van der Waals surface area contributed by atoms with Crippen molar-refractivity contribution < 1.29 is 4.74 Å². The normalized spacial score (nSPS) is 10.8. The second kappa shape index (κ2) is 8.26. The average Bonchev–Trinajstić information content (AvgIpc) is 2.32. The second-order valence-electron chi connectivity index (χ2n) is 4.57. The summed E-state index contributed by atoms with van der Waals surface area (Å²) in [5.74, 6) is 0. The number of aryl methyl sites for hydroxylation is 2. The van der Waals surface area contributed by atoms with Gasteiger partial charge in [-0.05, 0) is 44.4 Å². The lowest BCUT2D eigenvalue weighted by Crippen LogP contribution is -2.17. The van der Waals surface area contributed by atoms with E-state index >= 15 is 0 Å². The molecule has 17 heavy (non-hydrogen) atoms. The van der Waals surface area contributed by atoms with Gasteiger partial charge in [0.05, 0.1) is 0 Å². The van der Waals surface area contributed by atoms with E-state index < -0.39 is 0 Å². The van der Waals surface area contributed by atoms with Crippen LogP contribution in [-0.2, 0) is 11.3 Å². The first kappa shape index (κ1) is 14.2. The highest BCUT2D eigenvalue weighted by Gasteiger charge is 1.98. The zero-order valence-corrected chi connectivity index (χ0v) is 11.4. The lowest BCUT2D eigenvalue weighted by molar-refractivity contribution is 0.132. The van der Waals surface area contributed by atoms with Gasteiger partial charge in [0, 0.05) is 19.8 Å². The minimum atomic E-state index is 0.869. The lowest BCUT2D eigenvalue weighted by Gasteiger charge is -2.09. The summed E-state index contributed by atoms with van der Waals surface area (Å²) in [6.45, 7) is 10.2. The maximum absolute atomic E-state index is 5.44. The van der Waals surface area contributed by atoms with Crippen molar-refractivity contribution in [2.45, 2.75) is 40.2 Å². The Bertz CT molecular complexity index is 323. The minimum Gasteiger partial charge on any atom is -0.381 e. The fourth-order valence-electron chi connectivity index (χ4n) is 1.76. The van der Waals surface area contributed by atoms with Crippen molar-refractivity contribution in [2.75, 3.05) is 19.8 Å². The van der Waals surface area contributed by atoms with Crippen molar-refractivity contribution in [2.24, 2.45) is 0 Å². The van der Waals surface area contributed by atoms with Gasteiger partial charge in [-0.25, -0.2) is 0 Å². The maximum atomic E-state index is 5.44. The van der Waals surface area contributed by atoms with E-state index in [0.717, 1.165) is 39.1 Å². The molecular formula is C15H25NO. The van der Waals surface area contributed by atoms with Crippen molar-refractivity contribution in [1.82, 2.24) is 5.32 Å². The third-order valence-electron chi connectivity index (χ3n) is 2.81. The molecule has 2 nitrogen and oxygen atoms in total. The highest BCUT2D eigenvalue weighted by molar-refractivity contribution is 5.30. The average molecular weight is 235 g/mol. The number of hydrogen-bond donors (Lipinski definition) is 1. The zero-order valence-electron chi connectivity index (χ0n) is 11.4. The molecule has 0 aliphatic heterocycles.